The molecule has 202 valence electrons. The van der Waals surface area contributed by atoms with E-state index in [-0.39, 0.29) is 35.3 Å². The Morgan fingerprint density at radius 2 is 0.868 bits per heavy atom. The quantitative estimate of drug-likeness (QED) is 0.0914. The summed E-state index contributed by atoms with van der Waals surface area (Å²) in [4.78, 5) is 67.8. The number of unbranched alkanes of at least 4 members (excludes halogenated alkanes) is 5. The molecular weight excluding hydrogens is 500 g/mol. The van der Waals surface area contributed by atoms with Gasteiger partial charge in [-0.15, -0.1) is 0 Å². The number of nitro groups is 2. The molecule has 0 atom stereocenters. The number of benzene rings is 2. The molecule has 2 aromatic rings. The van der Waals surface area contributed by atoms with Crippen LogP contribution in [0.1, 0.15) is 72.1 Å². The number of hydrogen-bond donors (Lipinski definition) is 0. The predicted molar refractivity (Wildman–Crippen MR) is 134 cm³/mol. The van der Waals surface area contributed by atoms with Crippen molar-refractivity contribution in [2.24, 2.45) is 0 Å². The van der Waals surface area contributed by atoms with Crippen molar-refractivity contribution in [3.63, 3.8) is 0 Å². The lowest BCUT2D eigenvalue weighted by Gasteiger charge is -2.06. The maximum atomic E-state index is 12.0. The minimum Gasteiger partial charge on any atom is -0.457 e. The molecule has 12 nitrogen and oxygen atoms in total. The summed E-state index contributed by atoms with van der Waals surface area (Å²) in [5.41, 5.74) is 0.186. The van der Waals surface area contributed by atoms with Gasteiger partial charge in [0.25, 0.3) is 11.4 Å². The van der Waals surface area contributed by atoms with Crippen molar-refractivity contribution < 1.29 is 38.5 Å². The number of rotatable bonds is 17. The van der Waals surface area contributed by atoms with E-state index < -0.39 is 46.6 Å². The number of carbonyl (C=O) groups is 4. The first-order chi connectivity index (χ1) is 18.2. The number of nitrogens with zero attached hydrogens (tertiary/aromatic N) is 2. The number of esters is 2. The van der Waals surface area contributed by atoms with Crippen LogP contribution in [0.15, 0.2) is 48.5 Å². The van der Waals surface area contributed by atoms with E-state index in [4.69, 9.17) is 9.47 Å². The Bertz CT molecular complexity index is 1050. The van der Waals surface area contributed by atoms with Gasteiger partial charge in [-0.1, -0.05) is 25.7 Å². The van der Waals surface area contributed by atoms with Crippen LogP contribution in [-0.4, -0.2) is 46.6 Å². The third kappa shape index (κ3) is 10.6. The minimum absolute atomic E-state index is 0.133. The van der Waals surface area contributed by atoms with Gasteiger partial charge in [-0.2, -0.15) is 0 Å². The Kier molecular flexibility index (Phi) is 12.2. The fourth-order valence-corrected chi connectivity index (χ4v) is 3.39. The number of carbonyl (C=O) groups excluding carboxylic acids is 4. The van der Waals surface area contributed by atoms with E-state index in [9.17, 15) is 39.4 Å². The monoisotopic (exact) mass is 528 g/mol. The van der Waals surface area contributed by atoms with Crippen LogP contribution < -0.4 is 0 Å². The van der Waals surface area contributed by atoms with Gasteiger partial charge >= 0.3 is 11.9 Å². The number of ketones is 2. The van der Waals surface area contributed by atoms with Gasteiger partial charge in [0.1, 0.15) is 0 Å². The first-order valence-corrected chi connectivity index (χ1v) is 12.0. The molecule has 12 heteroatoms. The predicted octanol–water partition coefficient (Wildman–Crippen LogP) is 4.78. The number of non-ortho nitro benzene ring substituents is 2. The number of ether oxygens (including phenoxy) is 2. The number of nitro benzene ring substituents is 2. The Morgan fingerprint density at radius 1 is 0.553 bits per heavy atom. The second-order valence-corrected chi connectivity index (χ2v) is 8.40. The van der Waals surface area contributed by atoms with Crippen LogP contribution in [0, 0.1) is 20.2 Å². The number of Topliss-reactive ketones (excluding diaryl/α,β-unsaturated/α-hetero) is 2. The summed E-state index contributed by atoms with van der Waals surface area (Å²) in [7, 11) is 0. The first kappa shape index (κ1) is 29.7. The molecule has 0 saturated carbocycles. The van der Waals surface area contributed by atoms with E-state index >= 15 is 0 Å². The molecule has 2 aromatic carbocycles. The van der Waals surface area contributed by atoms with Crippen LogP contribution in [0.2, 0.25) is 0 Å². The van der Waals surface area contributed by atoms with Crippen molar-refractivity contribution in [3.8, 4) is 0 Å². The van der Waals surface area contributed by atoms with Gasteiger partial charge in [-0.25, -0.2) is 0 Å². The van der Waals surface area contributed by atoms with Gasteiger partial charge in [0.05, 0.1) is 9.85 Å². The highest BCUT2D eigenvalue weighted by Crippen LogP contribution is 2.14. The molecule has 0 aliphatic rings. The van der Waals surface area contributed by atoms with Gasteiger partial charge in [0.15, 0.2) is 24.8 Å². The molecule has 0 amide bonds. The molecule has 0 aliphatic heterocycles. The highest BCUT2D eigenvalue weighted by Gasteiger charge is 2.13. The Balaban J connectivity index is 1.48. The van der Waals surface area contributed by atoms with Crippen molar-refractivity contribution >= 4 is 34.9 Å². The van der Waals surface area contributed by atoms with Crippen molar-refractivity contribution in [3.05, 3.63) is 79.9 Å². The van der Waals surface area contributed by atoms with Gasteiger partial charge in [0.2, 0.25) is 0 Å². The molecule has 0 bridgehead atoms. The SMILES string of the molecule is O=C(CCCCCCCCC(=O)OCC(=O)c1ccc([N+](=O)[O-])cc1)OCC(=O)c1ccc([N+](=O)[O-])cc1. The van der Waals surface area contributed by atoms with Gasteiger partial charge in [-0.3, -0.25) is 39.4 Å². The topological polar surface area (TPSA) is 173 Å². The average molecular weight is 529 g/mol. The standard InChI is InChI=1S/C26H28N2O10/c29-23(19-9-13-21(14-10-19)27(33)34)17-37-25(31)7-5-3-1-2-4-6-8-26(32)38-18-24(30)20-11-15-22(16-12-20)28(35)36/h9-16H,1-8,17-18H2. The van der Waals surface area contributed by atoms with E-state index in [2.05, 4.69) is 0 Å². The molecule has 0 unspecified atom stereocenters. The lowest BCUT2D eigenvalue weighted by atomic mass is 10.1. The van der Waals surface area contributed by atoms with Gasteiger partial charge in [0, 0.05) is 48.2 Å². The van der Waals surface area contributed by atoms with Crippen LogP contribution in [-0.2, 0) is 19.1 Å². The maximum absolute atomic E-state index is 12.0. The van der Waals surface area contributed by atoms with Crippen molar-refractivity contribution in [2.75, 3.05) is 13.2 Å². The zero-order valence-electron chi connectivity index (χ0n) is 20.7. The molecule has 2 rings (SSSR count). The normalized spacial score (nSPS) is 10.4. The molecule has 38 heavy (non-hydrogen) atoms. The lowest BCUT2D eigenvalue weighted by Crippen LogP contribution is -2.14. The molecule has 0 aliphatic carbocycles. The summed E-state index contributed by atoms with van der Waals surface area (Å²) in [5, 5.41) is 21.3. The third-order valence-electron chi connectivity index (χ3n) is 5.54. The smallest absolute Gasteiger partial charge is 0.306 e. The second kappa shape index (κ2) is 15.6. The summed E-state index contributed by atoms with van der Waals surface area (Å²) in [6.07, 6.45) is 4.78. The average Bonchev–Trinajstić information content (AvgIpc) is 2.91. The second-order valence-electron chi connectivity index (χ2n) is 8.40. The van der Waals surface area contributed by atoms with Crippen LogP contribution in [0.5, 0.6) is 0 Å². The largest absolute Gasteiger partial charge is 0.457 e. The lowest BCUT2D eigenvalue weighted by molar-refractivity contribution is -0.385. The summed E-state index contributed by atoms with van der Waals surface area (Å²) in [6.45, 7) is -0.849. The summed E-state index contributed by atoms with van der Waals surface area (Å²) >= 11 is 0. The van der Waals surface area contributed by atoms with E-state index in [0.717, 1.165) is 25.7 Å². The zero-order chi connectivity index (χ0) is 27.9. The highest BCUT2D eigenvalue weighted by atomic mass is 16.6. The number of hydrogen-bond acceptors (Lipinski definition) is 10. The van der Waals surface area contributed by atoms with Crippen LogP contribution >= 0.6 is 0 Å². The van der Waals surface area contributed by atoms with Crippen LogP contribution in [0.25, 0.3) is 0 Å². The minimum atomic E-state index is -0.569. The van der Waals surface area contributed by atoms with E-state index in [1.807, 2.05) is 0 Å². The van der Waals surface area contributed by atoms with Crippen LogP contribution in [0.4, 0.5) is 11.4 Å². The Labute approximate surface area is 218 Å². The summed E-state index contributed by atoms with van der Waals surface area (Å²) in [5.74, 6) is -1.87. The third-order valence-corrected chi connectivity index (χ3v) is 5.54. The van der Waals surface area contributed by atoms with Crippen molar-refractivity contribution in [1.82, 2.24) is 0 Å². The molecule has 0 saturated heterocycles. The Hall–Kier alpha value is -4.48. The summed E-state index contributed by atoms with van der Waals surface area (Å²) in [6, 6.07) is 10.1. The fraction of sp³-hybridized carbons (Fsp3) is 0.385. The molecule has 0 fully saturated rings. The molecule has 0 radical (unpaired) electrons. The molecule has 0 heterocycles. The van der Waals surface area contributed by atoms with E-state index in [1.54, 1.807) is 0 Å². The molecular formula is C26H28N2O10. The van der Waals surface area contributed by atoms with Crippen LogP contribution in [0.3, 0.4) is 0 Å². The van der Waals surface area contributed by atoms with E-state index in [1.165, 1.54) is 48.5 Å². The zero-order valence-corrected chi connectivity index (χ0v) is 20.7. The molecule has 0 spiro atoms. The first-order valence-electron chi connectivity index (χ1n) is 12.0. The fourth-order valence-electron chi connectivity index (χ4n) is 3.39. The van der Waals surface area contributed by atoms with Crippen molar-refractivity contribution in [1.29, 1.82) is 0 Å². The van der Waals surface area contributed by atoms with E-state index in [0.29, 0.717) is 12.8 Å². The Morgan fingerprint density at radius 3 is 1.18 bits per heavy atom. The highest BCUT2D eigenvalue weighted by molar-refractivity contribution is 5.98. The molecule has 0 N–H and O–H groups in total. The van der Waals surface area contributed by atoms with Gasteiger partial charge < -0.3 is 9.47 Å². The molecule has 0 aromatic heterocycles. The van der Waals surface area contributed by atoms with Crippen molar-refractivity contribution in [2.45, 2.75) is 51.4 Å². The van der Waals surface area contributed by atoms with Gasteiger partial charge in [-0.05, 0) is 37.1 Å². The summed E-state index contributed by atoms with van der Waals surface area (Å²) < 4.78 is 9.93. The maximum Gasteiger partial charge on any atom is 0.306 e.